The van der Waals surface area contributed by atoms with Crippen LogP contribution in [-0.2, 0) is 13.1 Å². The predicted octanol–water partition coefficient (Wildman–Crippen LogP) is 4.16. The number of carbonyl (C=O) groups is 1. The van der Waals surface area contributed by atoms with Crippen LogP contribution in [-0.4, -0.2) is 31.7 Å². The molecule has 0 aromatic carbocycles. The first-order valence-corrected chi connectivity index (χ1v) is 9.35. The number of aromatic nitrogens is 3. The molecule has 8 heteroatoms. The quantitative estimate of drug-likeness (QED) is 0.799. The number of nitrogens with one attached hydrogen (secondary N) is 1. The molecule has 2 aromatic rings. The lowest BCUT2D eigenvalue weighted by atomic mass is 9.97. The summed E-state index contributed by atoms with van der Waals surface area (Å²) in [5.74, 6) is 0.180. The van der Waals surface area contributed by atoms with Crippen molar-refractivity contribution in [3.63, 3.8) is 0 Å². The largest absolute Gasteiger partial charge is 0.323 e. The summed E-state index contributed by atoms with van der Waals surface area (Å²) in [7, 11) is 0. The summed E-state index contributed by atoms with van der Waals surface area (Å²) < 4.78 is 15.3. The van der Waals surface area contributed by atoms with Crippen molar-refractivity contribution in [3.8, 4) is 0 Å². The van der Waals surface area contributed by atoms with Crippen LogP contribution in [0.5, 0.6) is 0 Å². The van der Waals surface area contributed by atoms with E-state index in [4.69, 9.17) is 11.6 Å². The highest BCUT2D eigenvalue weighted by Gasteiger charge is 2.32. The van der Waals surface area contributed by atoms with Crippen LogP contribution in [0.1, 0.15) is 49.8 Å². The average molecular weight is 378 g/mol. The van der Waals surface area contributed by atoms with Crippen LogP contribution < -0.4 is 5.32 Å². The van der Waals surface area contributed by atoms with E-state index in [0.717, 1.165) is 5.69 Å². The van der Waals surface area contributed by atoms with Crippen molar-refractivity contribution in [1.29, 1.82) is 0 Å². The van der Waals surface area contributed by atoms with E-state index in [2.05, 4.69) is 15.4 Å². The molecule has 2 aliphatic rings. The fourth-order valence-electron chi connectivity index (χ4n) is 3.94. The first-order valence-electron chi connectivity index (χ1n) is 8.97. The zero-order valence-electron chi connectivity index (χ0n) is 14.6. The Balaban J connectivity index is 1.53. The Hall–Kier alpha value is -2.15. The summed E-state index contributed by atoms with van der Waals surface area (Å²) in [6.07, 6.45) is 6.87. The van der Waals surface area contributed by atoms with Crippen LogP contribution in [0, 0.1) is 5.82 Å². The van der Waals surface area contributed by atoms with Crippen LogP contribution in [0.4, 0.5) is 15.0 Å². The molecule has 1 N–H and O–H groups in total. The molecule has 0 radical (unpaired) electrons. The molecular formula is C18H21ClFN5O. The minimum Gasteiger partial charge on any atom is -0.314 e. The molecule has 1 fully saturated rings. The average Bonchev–Trinajstić information content (AvgIpc) is 3.26. The lowest BCUT2D eigenvalue weighted by molar-refractivity contribution is 0.161. The molecule has 1 aliphatic heterocycles. The third kappa shape index (κ3) is 3.16. The summed E-state index contributed by atoms with van der Waals surface area (Å²) >= 11 is 5.69. The van der Waals surface area contributed by atoms with Crippen molar-refractivity contribution in [2.75, 3.05) is 5.32 Å². The van der Waals surface area contributed by atoms with Gasteiger partial charge < -0.3 is 4.90 Å². The van der Waals surface area contributed by atoms with Gasteiger partial charge in [-0.1, -0.05) is 24.4 Å². The zero-order chi connectivity index (χ0) is 18.3. The third-order valence-corrected chi connectivity index (χ3v) is 5.63. The maximum atomic E-state index is 13.2. The van der Waals surface area contributed by atoms with Crippen LogP contribution in [0.3, 0.4) is 0 Å². The van der Waals surface area contributed by atoms with E-state index >= 15 is 0 Å². The highest BCUT2D eigenvalue weighted by molar-refractivity contribution is 6.29. The van der Waals surface area contributed by atoms with Gasteiger partial charge in [-0.2, -0.15) is 5.10 Å². The highest BCUT2D eigenvalue weighted by Crippen LogP contribution is 2.37. The predicted molar refractivity (Wildman–Crippen MR) is 96.7 cm³/mol. The monoisotopic (exact) mass is 377 g/mol. The van der Waals surface area contributed by atoms with Crippen molar-refractivity contribution in [2.24, 2.45) is 0 Å². The molecule has 138 valence electrons. The van der Waals surface area contributed by atoms with Crippen LogP contribution >= 0.6 is 11.6 Å². The second-order valence-corrected chi connectivity index (χ2v) is 7.44. The standard InChI is InChI=1S/C18H21ClFN5O/c1-11-9-25-15(13(8-21-25)12-4-2-3-5-12)10-24(11)18(26)23-16-7-6-14(20)17(19)22-16/h6-8,11-12H,2-5,9-10H2,1H3,(H,22,23,26). The van der Waals surface area contributed by atoms with Crippen molar-refractivity contribution < 1.29 is 9.18 Å². The molecule has 1 saturated carbocycles. The first kappa shape index (κ1) is 17.3. The van der Waals surface area contributed by atoms with E-state index in [9.17, 15) is 9.18 Å². The molecule has 0 bridgehead atoms. The van der Waals surface area contributed by atoms with Gasteiger partial charge in [0.15, 0.2) is 11.0 Å². The van der Waals surface area contributed by atoms with E-state index < -0.39 is 5.82 Å². The number of hydrogen-bond acceptors (Lipinski definition) is 3. The number of rotatable bonds is 2. The number of urea groups is 1. The molecule has 3 heterocycles. The number of halogens is 2. The molecule has 1 unspecified atom stereocenters. The second-order valence-electron chi connectivity index (χ2n) is 7.09. The van der Waals surface area contributed by atoms with Crippen molar-refractivity contribution in [2.45, 2.75) is 57.7 Å². The summed E-state index contributed by atoms with van der Waals surface area (Å²) in [6.45, 7) is 3.16. The number of anilines is 1. The summed E-state index contributed by atoms with van der Waals surface area (Å²) in [5.41, 5.74) is 2.39. The van der Waals surface area contributed by atoms with E-state index in [1.807, 2.05) is 17.8 Å². The number of carbonyl (C=O) groups excluding carboxylic acids is 1. The van der Waals surface area contributed by atoms with Gasteiger partial charge in [0.1, 0.15) is 5.82 Å². The van der Waals surface area contributed by atoms with Gasteiger partial charge in [-0.15, -0.1) is 0 Å². The molecule has 2 aromatic heterocycles. The number of amides is 2. The number of hydrogen-bond donors (Lipinski definition) is 1. The Bertz CT molecular complexity index is 833. The number of fused-ring (bicyclic) bond motifs is 1. The van der Waals surface area contributed by atoms with E-state index in [1.54, 1.807) is 4.90 Å². The molecule has 26 heavy (non-hydrogen) atoms. The molecule has 4 rings (SSSR count). The fraction of sp³-hybridized carbons (Fsp3) is 0.500. The molecule has 0 saturated heterocycles. The molecule has 6 nitrogen and oxygen atoms in total. The SMILES string of the molecule is CC1Cn2ncc(C3CCCC3)c2CN1C(=O)Nc1ccc(F)c(Cl)n1. The Labute approximate surface area is 156 Å². The van der Waals surface area contributed by atoms with Gasteiger partial charge in [-0.3, -0.25) is 10.00 Å². The smallest absolute Gasteiger partial charge is 0.314 e. The molecule has 1 aliphatic carbocycles. The Morgan fingerprint density at radius 3 is 2.85 bits per heavy atom. The molecule has 1 atom stereocenters. The van der Waals surface area contributed by atoms with E-state index in [0.29, 0.717) is 19.0 Å². The van der Waals surface area contributed by atoms with Gasteiger partial charge in [0.2, 0.25) is 0 Å². The lowest BCUT2D eigenvalue weighted by Crippen LogP contribution is -2.47. The highest BCUT2D eigenvalue weighted by atomic mass is 35.5. The van der Waals surface area contributed by atoms with Gasteiger partial charge >= 0.3 is 6.03 Å². The van der Waals surface area contributed by atoms with Crippen molar-refractivity contribution >= 4 is 23.4 Å². The van der Waals surface area contributed by atoms with E-state index in [1.165, 1.54) is 43.4 Å². The zero-order valence-corrected chi connectivity index (χ0v) is 15.3. The Kier molecular flexibility index (Phi) is 4.56. The molecule has 0 spiro atoms. The van der Waals surface area contributed by atoms with Crippen LogP contribution in [0.15, 0.2) is 18.3 Å². The normalized spacial score (nSPS) is 20.3. The minimum absolute atomic E-state index is 0.00486. The van der Waals surface area contributed by atoms with E-state index in [-0.39, 0.29) is 23.0 Å². The van der Waals surface area contributed by atoms with Gasteiger partial charge in [0.05, 0.1) is 31.0 Å². The number of pyridine rings is 1. The van der Waals surface area contributed by atoms with Gasteiger partial charge in [0, 0.05) is 0 Å². The Morgan fingerprint density at radius 2 is 2.12 bits per heavy atom. The Morgan fingerprint density at radius 1 is 1.35 bits per heavy atom. The first-order chi connectivity index (χ1) is 12.5. The molecule has 2 amide bonds. The molecular weight excluding hydrogens is 357 g/mol. The third-order valence-electron chi connectivity index (χ3n) is 5.36. The topological polar surface area (TPSA) is 63.1 Å². The summed E-state index contributed by atoms with van der Waals surface area (Å²) in [5, 5.41) is 7.00. The van der Waals surface area contributed by atoms with Crippen LogP contribution in [0.2, 0.25) is 5.15 Å². The van der Waals surface area contributed by atoms with Gasteiger partial charge in [0.25, 0.3) is 0 Å². The maximum Gasteiger partial charge on any atom is 0.323 e. The summed E-state index contributed by atoms with van der Waals surface area (Å²) in [6, 6.07) is 2.33. The van der Waals surface area contributed by atoms with Crippen molar-refractivity contribution in [1.82, 2.24) is 19.7 Å². The minimum atomic E-state index is -0.610. The maximum absolute atomic E-state index is 13.2. The fourth-order valence-corrected chi connectivity index (χ4v) is 4.09. The van der Waals surface area contributed by atoms with Gasteiger partial charge in [-0.25, -0.2) is 14.2 Å². The number of nitrogens with zero attached hydrogens (tertiary/aromatic N) is 4. The van der Waals surface area contributed by atoms with Gasteiger partial charge in [-0.05, 0) is 43.4 Å². The van der Waals surface area contributed by atoms with Crippen molar-refractivity contribution in [3.05, 3.63) is 40.6 Å². The van der Waals surface area contributed by atoms with Crippen LogP contribution in [0.25, 0.3) is 0 Å². The lowest BCUT2D eigenvalue weighted by Gasteiger charge is -2.34. The summed E-state index contributed by atoms with van der Waals surface area (Å²) in [4.78, 5) is 18.4. The second kappa shape index (κ2) is 6.87.